The topological polar surface area (TPSA) is 208 Å². The molecule has 1 aromatic carbocycles. The molecule has 0 saturated heterocycles. The molecule has 188 valence electrons. The molecule has 5 atom stereocenters. The minimum absolute atomic E-state index is 0.00981. The second-order valence-corrected chi connectivity index (χ2v) is 7.96. The molecular weight excluding hydrogens is 468 g/mol. The lowest BCUT2D eigenvalue weighted by Crippen LogP contribution is -2.58. The van der Waals surface area contributed by atoms with E-state index in [9.17, 15) is 34.2 Å². The van der Waals surface area contributed by atoms with E-state index in [0.29, 0.717) is 5.56 Å². The molecule has 0 radical (unpaired) electrons. The average Bonchev–Trinajstić information content (AvgIpc) is 2.78. The zero-order chi connectivity index (χ0) is 25.8. The average molecular weight is 499 g/mol. The number of thiol groups is 1. The molecule has 0 aromatic heterocycles. The molecule has 0 fully saturated rings. The third-order valence-electron chi connectivity index (χ3n) is 4.82. The summed E-state index contributed by atoms with van der Waals surface area (Å²) in [6.07, 6.45) is -2.02. The van der Waals surface area contributed by atoms with Crippen LogP contribution in [0.2, 0.25) is 0 Å². The molecular formula is C21H30N4O8S. The van der Waals surface area contributed by atoms with E-state index in [1.807, 2.05) is 0 Å². The Morgan fingerprint density at radius 2 is 1.44 bits per heavy atom. The van der Waals surface area contributed by atoms with Crippen molar-refractivity contribution in [2.24, 2.45) is 5.73 Å². The van der Waals surface area contributed by atoms with Gasteiger partial charge in [-0.2, -0.15) is 12.6 Å². The summed E-state index contributed by atoms with van der Waals surface area (Å²) in [5, 5.41) is 34.7. The highest BCUT2D eigenvalue weighted by molar-refractivity contribution is 7.80. The van der Waals surface area contributed by atoms with Gasteiger partial charge in [-0.05, 0) is 18.9 Å². The van der Waals surface area contributed by atoms with Gasteiger partial charge in [0.25, 0.3) is 0 Å². The molecule has 1 rings (SSSR count). The highest BCUT2D eigenvalue weighted by Crippen LogP contribution is 2.07. The van der Waals surface area contributed by atoms with Gasteiger partial charge in [0.1, 0.15) is 24.2 Å². The number of aliphatic carboxylic acids is 2. The maximum Gasteiger partial charge on any atom is 0.327 e. The van der Waals surface area contributed by atoms with Crippen molar-refractivity contribution in [3.8, 4) is 0 Å². The number of aliphatic hydroxyl groups is 1. The van der Waals surface area contributed by atoms with Crippen molar-refractivity contribution in [3.05, 3.63) is 35.9 Å². The van der Waals surface area contributed by atoms with Crippen molar-refractivity contribution >= 4 is 42.3 Å². The van der Waals surface area contributed by atoms with Crippen molar-refractivity contribution in [2.45, 2.75) is 56.5 Å². The number of hydrogen-bond donors (Lipinski definition) is 8. The van der Waals surface area contributed by atoms with Crippen LogP contribution < -0.4 is 21.7 Å². The first-order valence-electron chi connectivity index (χ1n) is 10.4. The number of carboxylic acid groups (broad SMARTS) is 2. The van der Waals surface area contributed by atoms with E-state index in [4.69, 9.17) is 10.8 Å². The van der Waals surface area contributed by atoms with E-state index in [0.717, 1.165) is 0 Å². The molecule has 0 aliphatic heterocycles. The molecule has 13 heteroatoms. The largest absolute Gasteiger partial charge is 0.481 e. The number of rotatable bonds is 14. The summed E-state index contributed by atoms with van der Waals surface area (Å²) in [5.74, 6) is -5.29. The Bertz CT molecular complexity index is 868. The van der Waals surface area contributed by atoms with Gasteiger partial charge in [-0.3, -0.25) is 19.2 Å². The fourth-order valence-electron chi connectivity index (χ4n) is 2.81. The maximum absolute atomic E-state index is 12.9. The summed E-state index contributed by atoms with van der Waals surface area (Å²) in [5.41, 5.74) is 6.23. The third kappa shape index (κ3) is 9.77. The Hall–Kier alpha value is -3.16. The highest BCUT2D eigenvalue weighted by Gasteiger charge is 2.31. The zero-order valence-electron chi connectivity index (χ0n) is 18.5. The zero-order valence-corrected chi connectivity index (χ0v) is 19.4. The van der Waals surface area contributed by atoms with E-state index in [1.165, 1.54) is 6.92 Å². The first-order chi connectivity index (χ1) is 16.0. The van der Waals surface area contributed by atoms with Crippen LogP contribution in [0.4, 0.5) is 0 Å². The number of carbonyl (C=O) groups is 5. The summed E-state index contributed by atoms with van der Waals surface area (Å²) < 4.78 is 0. The molecule has 0 spiro atoms. The van der Waals surface area contributed by atoms with Crippen molar-refractivity contribution in [2.75, 3.05) is 5.75 Å². The van der Waals surface area contributed by atoms with Gasteiger partial charge >= 0.3 is 11.9 Å². The lowest BCUT2D eigenvalue weighted by molar-refractivity contribution is -0.141. The van der Waals surface area contributed by atoms with Crippen molar-refractivity contribution < 1.29 is 39.3 Å². The molecule has 0 aliphatic rings. The van der Waals surface area contributed by atoms with Crippen LogP contribution in [0.15, 0.2) is 30.3 Å². The van der Waals surface area contributed by atoms with Crippen molar-refractivity contribution in [3.63, 3.8) is 0 Å². The number of carbonyl (C=O) groups excluding carboxylic acids is 3. The maximum atomic E-state index is 12.9. The normalized spacial score (nSPS) is 15.2. The molecule has 8 N–H and O–H groups in total. The summed E-state index contributed by atoms with van der Waals surface area (Å²) >= 11 is 3.90. The minimum atomic E-state index is -1.38. The van der Waals surface area contributed by atoms with Gasteiger partial charge in [-0.25, -0.2) is 4.79 Å². The molecule has 0 heterocycles. The Balaban J connectivity index is 3.11. The smallest absolute Gasteiger partial charge is 0.327 e. The summed E-state index contributed by atoms with van der Waals surface area (Å²) in [7, 11) is 0. The lowest BCUT2D eigenvalue weighted by atomic mass is 10.0. The van der Waals surface area contributed by atoms with Crippen LogP contribution in [0, 0.1) is 0 Å². The SMILES string of the molecule is C[C@@H](O)[C@H](N)C(=O)N[C@@H](CCC(=O)O)C(=O)N[C@@H](Cc1ccccc1)C(=O)N[C@@H](CS)C(=O)O. The van der Waals surface area contributed by atoms with Crippen molar-refractivity contribution in [1.29, 1.82) is 0 Å². The van der Waals surface area contributed by atoms with Gasteiger partial charge < -0.3 is 37.0 Å². The standard InChI is InChI=1S/C21H30N4O8S/c1-11(26)17(22)20(31)23-13(7-8-16(27)28)18(29)24-14(9-12-5-3-2-4-6-12)19(30)25-15(10-34)21(32)33/h2-6,11,13-15,17,26,34H,7-10,22H2,1H3,(H,23,31)(H,24,29)(H,25,30)(H,27,28)(H,32,33)/t11-,13+,14+,15+,17+/m1/s1. The number of carboxylic acids is 2. The van der Waals surface area contributed by atoms with Crippen LogP contribution in [0.1, 0.15) is 25.3 Å². The van der Waals surface area contributed by atoms with E-state index in [1.54, 1.807) is 30.3 Å². The minimum Gasteiger partial charge on any atom is -0.481 e. The molecule has 0 aliphatic carbocycles. The Morgan fingerprint density at radius 1 is 0.912 bits per heavy atom. The second kappa shape index (κ2) is 14.2. The predicted molar refractivity (Wildman–Crippen MR) is 124 cm³/mol. The fourth-order valence-corrected chi connectivity index (χ4v) is 3.06. The molecule has 12 nitrogen and oxygen atoms in total. The Morgan fingerprint density at radius 3 is 1.94 bits per heavy atom. The lowest BCUT2D eigenvalue weighted by Gasteiger charge is -2.25. The van der Waals surface area contributed by atoms with Crippen LogP contribution in [0.3, 0.4) is 0 Å². The van der Waals surface area contributed by atoms with E-state index in [-0.39, 0.29) is 18.6 Å². The molecule has 0 unspecified atom stereocenters. The number of nitrogens with two attached hydrogens (primary N) is 1. The Labute approximate surface area is 201 Å². The van der Waals surface area contributed by atoms with Crippen LogP contribution in [-0.4, -0.2) is 81.0 Å². The van der Waals surface area contributed by atoms with Gasteiger partial charge in [0.2, 0.25) is 17.7 Å². The van der Waals surface area contributed by atoms with Crippen LogP contribution >= 0.6 is 12.6 Å². The van der Waals surface area contributed by atoms with E-state index in [2.05, 4.69) is 28.6 Å². The fraction of sp³-hybridized carbons (Fsp3) is 0.476. The molecule has 1 aromatic rings. The van der Waals surface area contributed by atoms with Crippen LogP contribution in [0.5, 0.6) is 0 Å². The van der Waals surface area contributed by atoms with E-state index < -0.39 is 66.4 Å². The Kier molecular flexibility index (Phi) is 12.0. The first kappa shape index (κ1) is 28.9. The van der Waals surface area contributed by atoms with Crippen LogP contribution in [0.25, 0.3) is 0 Å². The van der Waals surface area contributed by atoms with E-state index >= 15 is 0 Å². The third-order valence-corrected chi connectivity index (χ3v) is 5.18. The number of hydrogen-bond acceptors (Lipinski definition) is 8. The predicted octanol–water partition coefficient (Wildman–Crippen LogP) is -1.73. The number of benzene rings is 1. The van der Waals surface area contributed by atoms with Gasteiger partial charge in [0.05, 0.1) is 6.10 Å². The van der Waals surface area contributed by atoms with Gasteiger partial charge in [-0.1, -0.05) is 30.3 Å². The summed E-state index contributed by atoms with van der Waals surface area (Å²) in [6.45, 7) is 1.27. The number of aliphatic hydroxyl groups excluding tert-OH is 1. The highest BCUT2D eigenvalue weighted by atomic mass is 32.1. The van der Waals surface area contributed by atoms with Gasteiger partial charge in [0.15, 0.2) is 0 Å². The summed E-state index contributed by atoms with van der Waals surface area (Å²) in [4.78, 5) is 60.3. The first-order valence-corrected chi connectivity index (χ1v) is 11.0. The second-order valence-electron chi connectivity index (χ2n) is 7.59. The molecule has 34 heavy (non-hydrogen) atoms. The monoisotopic (exact) mass is 498 g/mol. The number of nitrogens with one attached hydrogen (secondary N) is 3. The van der Waals surface area contributed by atoms with Gasteiger partial charge in [-0.15, -0.1) is 0 Å². The van der Waals surface area contributed by atoms with Crippen LogP contribution in [-0.2, 0) is 30.4 Å². The van der Waals surface area contributed by atoms with Crippen molar-refractivity contribution in [1.82, 2.24) is 16.0 Å². The number of amides is 3. The quantitative estimate of drug-likeness (QED) is 0.137. The molecule has 0 saturated carbocycles. The summed E-state index contributed by atoms with van der Waals surface area (Å²) in [6, 6.07) is 3.29. The molecule has 3 amide bonds. The molecule has 0 bridgehead atoms. The van der Waals surface area contributed by atoms with Gasteiger partial charge in [0, 0.05) is 18.6 Å².